The lowest BCUT2D eigenvalue weighted by molar-refractivity contribution is -0.137. The predicted molar refractivity (Wildman–Crippen MR) is 82.9 cm³/mol. The number of aromatic nitrogens is 3. The monoisotopic (exact) mass is 345 g/mol. The molecule has 2 N–H and O–H groups in total. The number of alkyl halides is 3. The van der Waals surface area contributed by atoms with E-state index in [0.717, 1.165) is 12.5 Å². The molecular formula is C14H15ClF3N5. The van der Waals surface area contributed by atoms with E-state index >= 15 is 0 Å². The van der Waals surface area contributed by atoms with Gasteiger partial charge in [-0.05, 0) is 31.5 Å². The van der Waals surface area contributed by atoms with Crippen LogP contribution in [-0.4, -0.2) is 21.2 Å². The minimum atomic E-state index is -4.53. The van der Waals surface area contributed by atoms with Crippen molar-refractivity contribution in [3.05, 3.63) is 35.0 Å². The molecule has 0 fully saturated rings. The molecule has 9 heteroatoms. The van der Waals surface area contributed by atoms with Gasteiger partial charge >= 0.3 is 6.18 Å². The first-order valence-electron chi connectivity index (χ1n) is 6.89. The van der Waals surface area contributed by atoms with Crippen molar-refractivity contribution in [2.24, 2.45) is 0 Å². The molecule has 23 heavy (non-hydrogen) atoms. The molecule has 0 radical (unpaired) electrons. The van der Waals surface area contributed by atoms with Crippen LogP contribution < -0.4 is 10.6 Å². The topological polar surface area (TPSA) is 62.7 Å². The molecule has 0 amide bonds. The number of nitrogens with zero attached hydrogens (tertiary/aromatic N) is 3. The highest BCUT2D eigenvalue weighted by Gasteiger charge is 2.33. The van der Waals surface area contributed by atoms with Gasteiger partial charge in [-0.25, -0.2) is 0 Å². The van der Waals surface area contributed by atoms with Gasteiger partial charge in [0, 0.05) is 11.7 Å². The molecular weight excluding hydrogens is 331 g/mol. The van der Waals surface area contributed by atoms with Gasteiger partial charge in [-0.15, -0.1) is 5.10 Å². The largest absolute Gasteiger partial charge is 0.417 e. The zero-order chi connectivity index (χ0) is 17.0. The first kappa shape index (κ1) is 17.3. The number of nitrogens with one attached hydrogen (secondary N) is 2. The maximum atomic E-state index is 12.8. The Kier molecular flexibility index (Phi) is 5.25. The van der Waals surface area contributed by atoms with Crippen LogP contribution in [0.1, 0.15) is 25.8 Å². The maximum absolute atomic E-state index is 12.8. The summed E-state index contributed by atoms with van der Waals surface area (Å²) in [6, 6.07) is 3.67. The van der Waals surface area contributed by atoms with Crippen molar-refractivity contribution >= 4 is 29.1 Å². The Morgan fingerprint density at radius 2 is 2.04 bits per heavy atom. The Balaban J connectivity index is 2.21. The van der Waals surface area contributed by atoms with Crippen molar-refractivity contribution in [3.8, 4) is 0 Å². The quantitative estimate of drug-likeness (QED) is 0.835. The third-order valence-electron chi connectivity index (χ3n) is 3.09. The van der Waals surface area contributed by atoms with Crippen LogP contribution in [0.3, 0.4) is 0 Å². The van der Waals surface area contributed by atoms with Crippen molar-refractivity contribution in [1.82, 2.24) is 15.2 Å². The fourth-order valence-corrected chi connectivity index (χ4v) is 1.95. The van der Waals surface area contributed by atoms with Gasteiger partial charge in [0.25, 0.3) is 0 Å². The highest BCUT2D eigenvalue weighted by molar-refractivity contribution is 6.31. The Hall–Kier alpha value is -2.09. The van der Waals surface area contributed by atoms with Crippen molar-refractivity contribution in [2.75, 3.05) is 10.6 Å². The summed E-state index contributed by atoms with van der Waals surface area (Å²) in [5.41, 5.74) is -0.754. The number of anilines is 3. The second kappa shape index (κ2) is 6.99. The molecule has 1 heterocycles. The Morgan fingerprint density at radius 3 is 2.70 bits per heavy atom. The first-order chi connectivity index (χ1) is 10.8. The van der Waals surface area contributed by atoms with Gasteiger partial charge in [0.1, 0.15) is 0 Å². The summed E-state index contributed by atoms with van der Waals surface area (Å²) in [5, 5.41) is 13.0. The summed E-state index contributed by atoms with van der Waals surface area (Å²) in [4.78, 5) is 4.16. The minimum absolute atomic E-state index is 0.0914. The molecule has 1 unspecified atom stereocenters. The molecule has 0 spiro atoms. The summed E-state index contributed by atoms with van der Waals surface area (Å²) < 4.78 is 38.5. The molecule has 2 rings (SSSR count). The highest BCUT2D eigenvalue weighted by Crippen LogP contribution is 2.36. The summed E-state index contributed by atoms with van der Waals surface area (Å²) >= 11 is 5.58. The lowest BCUT2D eigenvalue weighted by atomic mass is 10.2. The van der Waals surface area contributed by atoms with Crippen molar-refractivity contribution in [1.29, 1.82) is 0 Å². The number of halogens is 4. The van der Waals surface area contributed by atoms with E-state index in [0.29, 0.717) is 5.82 Å². The van der Waals surface area contributed by atoms with E-state index in [4.69, 9.17) is 11.6 Å². The van der Waals surface area contributed by atoms with Gasteiger partial charge < -0.3 is 10.6 Å². The third kappa shape index (κ3) is 4.69. The molecule has 5 nitrogen and oxygen atoms in total. The smallest absolute Gasteiger partial charge is 0.366 e. The number of hydrogen-bond donors (Lipinski definition) is 2. The number of rotatable bonds is 5. The van der Waals surface area contributed by atoms with Crippen molar-refractivity contribution in [3.63, 3.8) is 0 Å². The van der Waals surface area contributed by atoms with E-state index in [1.807, 2.05) is 13.8 Å². The van der Waals surface area contributed by atoms with Crippen LogP contribution in [0.25, 0.3) is 0 Å². The van der Waals surface area contributed by atoms with E-state index < -0.39 is 11.7 Å². The van der Waals surface area contributed by atoms with Gasteiger partial charge in [0.05, 0.1) is 16.8 Å². The molecule has 0 aliphatic rings. The number of benzene rings is 1. The molecule has 124 valence electrons. The van der Waals surface area contributed by atoms with Gasteiger partial charge in [-0.2, -0.15) is 23.3 Å². The SMILES string of the molecule is CCC(C)Nc1cnnc(Nc2ccc(Cl)c(C(F)(F)F)c2)n1. The number of hydrogen-bond acceptors (Lipinski definition) is 5. The molecule has 0 aliphatic heterocycles. The van der Waals surface area contributed by atoms with Crippen LogP contribution in [-0.2, 0) is 6.18 Å². The standard InChI is InChI=1S/C14H15ClF3N5/c1-3-8(2)20-12-7-19-23-13(22-12)21-9-4-5-11(15)10(6-9)14(16,17)18/h4-8H,3H2,1-2H3,(H2,20,21,22,23). The molecule has 1 aromatic carbocycles. The summed E-state index contributed by atoms with van der Waals surface area (Å²) in [7, 11) is 0. The van der Waals surface area contributed by atoms with Gasteiger partial charge in [0.15, 0.2) is 5.82 Å². The fourth-order valence-electron chi connectivity index (χ4n) is 1.73. The normalized spacial score (nSPS) is 12.8. The van der Waals surface area contributed by atoms with E-state index in [1.54, 1.807) is 0 Å². The van der Waals surface area contributed by atoms with Crippen LogP contribution in [0.5, 0.6) is 0 Å². The Bertz CT molecular complexity index is 678. The van der Waals surface area contributed by atoms with Crippen LogP contribution >= 0.6 is 11.6 Å². The molecule has 1 aromatic heterocycles. The minimum Gasteiger partial charge on any atom is -0.366 e. The van der Waals surface area contributed by atoms with E-state index in [2.05, 4.69) is 25.8 Å². The Labute approximate surface area is 136 Å². The molecule has 0 saturated carbocycles. The average Bonchev–Trinajstić information content (AvgIpc) is 2.48. The zero-order valence-electron chi connectivity index (χ0n) is 12.4. The molecule has 0 aliphatic carbocycles. The van der Waals surface area contributed by atoms with Crippen LogP contribution in [0.4, 0.5) is 30.6 Å². The van der Waals surface area contributed by atoms with Crippen molar-refractivity contribution < 1.29 is 13.2 Å². The highest BCUT2D eigenvalue weighted by atomic mass is 35.5. The van der Waals surface area contributed by atoms with Gasteiger partial charge in [0.2, 0.25) is 5.95 Å². The molecule has 1 atom stereocenters. The van der Waals surface area contributed by atoms with Crippen molar-refractivity contribution in [2.45, 2.75) is 32.5 Å². The lowest BCUT2D eigenvalue weighted by Crippen LogP contribution is -2.15. The third-order valence-corrected chi connectivity index (χ3v) is 3.42. The summed E-state index contributed by atoms with van der Waals surface area (Å²) in [5.74, 6) is 0.579. The van der Waals surface area contributed by atoms with E-state index in [-0.39, 0.29) is 22.7 Å². The van der Waals surface area contributed by atoms with Crippen LogP contribution in [0.2, 0.25) is 5.02 Å². The predicted octanol–water partition coefficient (Wildman–Crippen LogP) is 4.50. The Morgan fingerprint density at radius 1 is 1.30 bits per heavy atom. The molecule has 2 aromatic rings. The average molecular weight is 346 g/mol. The molecule has 0 bridgehead atoms. The first-order valence-corrected chi connectivity index (χ1v) is 7.27. The lowest BCUT2D eigenvalue weighted by Gasteiger charge is -2.13. The van der Waals surface area contributed by atoms with E-state index in [1.165, 1.54) is 18.3 Å². The second-order valence-corrected chi connectivity index (χ2v) is 5.34. The summed E-state index contributed by atoms with van der Waals surface area (Å²) in [6.07, 6.45) is -2.20. The fraction of sp³-hybridized carbons (Fsp3) is 0.357. The second-order valence-electron chi connectivity index (χ2n) is 4.94. The maximum Gasteiger partial charge on any atom is 0.417 e. The van der Waals surface area contributed by atoms with E-state index in [9.17, 15) is 13.2 Å². The molecule has 0 saturated heterocycles. The summed E-state index contributed by atoms with van der Waals surface area (Å²) in [6.45, 7) is 3.99. The van der Waals surface area contributed by atoms with Gasteiger partial charge in [-0.3, -0.25) is 0 Å². The van der Waals surface area contributed by atoms with Crippen LogP contribution in [0, 0.1) is 0 Å². The van der Waals surface area contributed by atoms with Gasteiger partial charge in [-0.1, -0.05) is 18.5 Å². The van der Waals surface area contributed by atoms with Crippen LogP contribution in [0.15, 0.2) is 24.4 Å². The zero-order valence-corrected chi connectivity index (χ0v) is 13.2.